The van der Waals surface area contributed by atoms with Crippen molar-refractivity contribution in [3.05, 3.63) is 35.9 Å². The molecule has 8 atom stereocenters. The zero-order valence-electron chi connectivity index (χ0n) is 26.8. The molecule has 4 fully saturated rings. The second-order valence-corrected chi connectivity index (χ2v) is 15.4. The highest BCUT2D eigenvalue weighted by Crippen LogP contribution is 2.67. The Hall–Kier alpha value is -1.68. The summed E-state index contributed by atoms with van der Waals surface area (Å²) in [5.41, 5.74) is 1.62. The second-order valence-electron chi connectivity index (χ2n) is 15.4. The normalized spacial score (nSPS) is 35.7. The topological polar surface area (TPSA) is 66.4 Å². The molecule has 4 nitrogen and oxygen atoms in total. The lowest BCUT2D eigenvalue weighted by atomic mass is 9.42. The highest BCUT2D eigenvalue weighted by atomic mass is 16.3. The molecule has 1 aromatic carbocycles. The number of carbonyl (C=O) groups is 2. The zero-order chi connectivity index (χ0) is 29.6. The third kappa shape index (κ3) is 7.16. The largest absolute Gasteiger partial charge is 0.393 e. The summed E-state index contributed by atoms with van der Waals surface area (Å²) in [5.74, 6) is 4.22. The standard InChI is InChI=1S/C38H59NO3/c1-37-23-21-31(40)26-30(37)25-29(36-32-19-20-34(41)38(32,2)24-22-33(36)37)17-13-8-6-4-3-5-7-9-14-18-35(42)39-27-28-15-11-10-12-16-28/h10-12,15-16,29-30,32-34,36,41H,3-9,13-14,17-27H2,1-2H3,(H,39,42)/t29-,30+,32+,33+,34+,36+,37+,38+/m1/s1. The average molecular weight is 578 g/mol. The van der Waals surface area contributed by atoms with E-state index in [1.54, 1.807) is 0 Å². The highest BCUT2D eigenvalue weighted by molar-refractivity contribution is 5.79. The minimum Gasteiger partial charge on any atom is -0.393 e. The number of benzene rings is 1. The first kappa shape index (κ1) is 31.7. The van der Waals surface area contributed by atoms with Crippen LogP contribution >= 0.6 is 0 Å². The van der Waals surface area contributed by atoms with Crippen molar-refractivity contribution in [2.24, 2.45) is 40.4 Å². The summed E-state index contributed by atoms with van der Waals surface area (Å²) in [6.45, 7) is 5.58. The Morgan fingerprint density at radius 1 is 0.857 bits per heavy atom. The van der Waals surface area contributed by atoms with Gasteiger partial charge >= 0.3 is 0 Å². The van der Waals surface area contributed by atoms with Crippen LogP contribution in [0, 0.1) is 40.4 Å². The van der Waals surface area contributed by atoms with Crippen molar-refractivity contribution in [1.29, 1.82) is 0 Å². The Kier molecular flexibility index (Phi) is 10.9. The van der Waals surface area contributed by atoms with Crippen molar-refractivity contribution in [3.63, 3.8) is 0 Å². The first-order valence-electron chi connectivity index (χ1n) is 17.8. The lowest BCUT2D eigenvalue weighted by Crippen LogP contribution is -2.57. The summed E-state index contributed by atoms with van der Waals surface area (Å²) >= 11 is 0. The van der Waals surface area contributed by atoms with E-state index in [2.05, 4.69) is 19.2 Å². The Bertz CT molecular complexity index is 1020. The summed E-state index contributed by atoms with van der Waals surface area (Å²) in [5, 5.41) is 14.0. The molecule has 0 unspecified atom stereocenters. The van der Waals surface area contributed by atoms with Crippen LogP contribution in [0.25, 0.3) is 0 Å². The minimum atomic E-state index is -0.112. The molecule has 4 aliphatic rings. The van der Waals surface area contributed by atoms with Crippen LogP contribution in [0.4, 0.5) is 0 Å². The van der Waals surface area contributed by atoms with Gasteiger partial charge in [0, 0.05) is 25.8 Å². The van der Waals surface area contributed by atoms with E-state index < -0.39 is 0 Å². The summed E-state index contributed by atoms with van der Waals surface area (Å²) in [6.07, 6.45) is 21.8. The molecule has 0 radical (unpaired) electrons. The van der Waals surface area contributed by atoms with E-state index in [1.165, 1.54) is 77.0 Å². The van der Waals surface area contributed by atoms with Gasteiger partial charge in [0.2, 0.25) is 5.91 Å². The Morgan fingerprint density at radius 3 is 2.26 bits per heavy atom. The highest BCUT2D eigenvalue weighted by Gasteiger charge is 2.62. The van der Waals surface area contributed by atoms with Gasteiger partial charge in [0.15, 0.2) is 0 Å². The number of hydrogen-bond donors (Lipinski definition) is 2. The molecule has 0 saturated heterocycles. The van der Waals surface area contributed by atoms with Crippen LogP contribution in [0.3, 0.4) is 0 Å². The number of aliphatic hydroxyl groups excluding tert-OH is 1. The van der Waals surface area contributed by atoms with Crippen LogP contribution in [0.15, 0.2) is 30.3 Å². The van der Waals surface area contributed by atoms with Gasteiger partial charge in [0.05, 0.1) is 6.10 Å². The van der Waals surface area contributed by atoms with Crippen LogP contribution < -0.4 is 5.32 Å². The van der Waals surface area contributed by atoms with Crippen molar-refractivity contribution < 1.29 is 14.7 Å². The first-order chi connectivity index (χ1) is 20.3. The van der Waals surface area contributed by atoms with Gasteiger partial charge in [-0.3, -0.25) is 9.59 Å². The zero-order valence-corrected chi connectivity index (χ0v) is 26.8. The SMILES string of the molecule is C[C@]12CCC(=O)C[C@@H]1C[C@@H](CCCCCCCCCCCC(=O)NCc1ccccc1)[C@@H]1[C@@H]2CC[C@]2(C)[C@@H](O)CC[C@@H]12. The third-order valence-electron chi connectivity index (χ3n) is 12.9. The fourth-order valence-corrected chi connectivity index (χ4v) is 10.3. The van der Waals surface area contributed by atoms with Gasteiger partial charge in [0.1, 0.15) is 5.78 Å². The lowest BCUT2D eigenvalue weighted by molar-refractivity contribution is -0.156. The molecule has 5 rings (SSSR count). The fourth-order valence-electron chi connectivity index (χ4n) is 10.3. The predicted octanol–water partition coefficient (Wildman–Crippen LogP) is 8.79. The minimum absolute atomic E-state index is 0.112. The monoisotopic (exact) mass is 577 g/mol. The number of Topliss-reactive ketones (excluding diaryl/α,β-unsaturated/α-hetero) is 1. The maximum atomic E-state index is 12.5. The van der Waals surface area contributed by atoms with Crippen LogP contribution in [-0.4, -0.2) is 22.9 Å². The van der Waals surface area contributed by atoms with Gasteiger partial charge < -0.3 is 10.4 Å². The van der Waals surface area contributed by atoms with Gasteiger partial charge in [-0.05, 0) is 90.9 Å². The van der Waals surface area contributed by atoms with E-state index in [-0.39, 0.29) is 17.4 Å². The van der Waals surface area contributed by atoms with E-state index in [0.717, 1.165) is 61.8 Å². The molecule has 0 bridgehead atoms. The molecule has 42 heavy (non-hydrogen) atoms. The molecule has 4 aliphatic carbocycles. The molecule has 1 amide bonds. The first-order valence-corrected chi connectivity index (χ1v) is 17.8. The Labute approximate surface area is 256 Å². The quantitative estimate of drug-likeness (QED) is 0.217. The van der Waals surface area contributed by atoms with Gasteiger partial charge in [0.25, 0.3) is 0 Å². The van der Waals surface area contributed by atoms with Gasteiger partial charge in [-0.2, -0.15) is 0 Å². The number of ketones is 1. The summed E-state index contributed by atoms with van der Waals surface area (Å²) < 4.78 is 0. The van der Waals surface area contributed by atoms with Crippen molar-refractivity contribution in [2.45, 2.75) is 148 Å². The van der Waals surface area contributed by atoms with Crippen molar-refractivity contribution in [3.8, 4) is 0 Å². The maximum absolute atomic E-state index is 12.5. The molecule has 0 aromatic heterocycles. The maximum Gasteiger partial charge on any atom is 0.220 e. The van der Waals surface area contributed by atoms with Crippen LogP contribution in [-0.2, 0) is 16.1 Å². The summed E-state index contributed by atoms with van der Waals surface area (Å²) in [7, 11) is 0. The third-order valence-corrected chi connectivity index (χ3v) is 12.9. The Balaban J connectivity index is 0.982. The number of unbranched alkanes of at least 4 members (excludes halogenated alkanes) is 8. The van der Waals surface area contributed by atoms with E-state index in [1.807, 2.05) is 30.3 Å². The average Bonchev–Trinajstić information content (AvgIpc) is 3.29. The molecular weight excluding hydrogens is 518 g/mol. The van der Waals surface area contributed by atoms with Crippen molar-refractivity contribution in [2.75, 3.05) is 0 Å². The number of rotatable bonds is 14. The molecule has 0 spiro atoms. The number of amides is 1. The molecular formula is C38H59NO3. The summed E-state index contributed by atoms with van der Waals surface area (Å²) in [6, 6.07) is 10.1. The van der Waals surface area contributed by atoms with Gasteiger partial charge in [-0.1, -0.05) is 102 Å². The number of nitrogens with one attached hydrogen (secondary N) is 1. The molecule has 0 heterocycles. The van der Waals surface area contributed by atoms with Crippen LogP contribution in [0.2, 0.25) is 0 Å². The molecule has 2 N–H and O–H groups in total. The molecule has 4 saturated carbocycles. The molecule has 4 heteroatoms. The number of carbonyl (C=O) groups excluding carboxylic acids is 2. The molecule has 0 aliphatic heterocycles. The van der Waals surface area contributed by atoms with Crippen molar-refractivity contribution in [1.82, 2.24) is 5.32 Å². The van der Waals surface area contributed by atoms with Crippen molar-refractivity contribution >= 4 is 11.7 Å². The van der Waals surface area contributed by atoms with Crippen LogP contribution in [0.1, 0.15) is 141 Å². The Morgan fingerprint density at radius 2 is 1.52 bits per heavy atom. The smallest absolute Gasteiger partial charge is 0.220 e. The van der Waals surface area contributed by atoms with E-state index >= 15 is 0 Å². The van der Waals surface area contributed by atoms with Crippen LogP contribution in [0.5, 0.6) is 0 Å². The molecule has 234 valence electrons. The van der Waals surface area contributed by atoms with Gasteiger partial charge in [-0.25, -0.2) is 0 Å². The predicted molar refractivity (Wildman–Crippen MR) is 171 cm³/mol. The lowest BCUT2D eigenvalue weighted by Gasteiger charge is -2.62. The summed E-state index contributed by atoms with van der Waals surface area (Å²) in [4.78, 5) is 24.6. The second kappa shape index (κ2) is 14.4. The molecule has 1 aromatic rings. The van der Waals surface area contributed by atoms with E-state index in [9.17, 15) is 14.7 Å². The number of fused-ring (bicyclic) bond motifs is 5. The fraction of sp³-hybridized carbons (Fsp3) is 0.789. The van der Waals surface area contributed by atoms with Gasteiger partial charge in [-0.15, -0.1) is 0 Å². The van der Waals surface area contributed by atoms with E-state index in [4.69, 9.17) is 0 Å². The number of aliphatic hydroxyl groups is 1. The number of hydrogen-bond acceptors (Lipinski definition) is 3. The van der Waals surface area contributed by atoms with E-state index in [0.29, 0.717) is 36.0 Å².